The normalized spacial score (nSPS) is 10.2. The molecule has 0 bridgehead atoms. The maximum atomic E-state index is 8.62. The van der Waals surface area contributed by atoms with Crippen molar-refractivity contribution in [1.82, 2.24) is 4.98 Å². The highest BCUT2D eigenvalue weighted by Crippen LogP contribution is 2.09. The van der Waals surface area contributed by atoms with Gasteiger partial charge in [0.15, 0.2) is 0 Å². The van der Waals surface area contributed by atoms with Gasteiger partial charge in [-0.1, -0.05) is 0 Å². The second-order valence-corrected chi connectivity index (χ2v) is 2.10. The topological polar surface area (TPSA) is 64.7 Å². The summed E-state index contributed by atoms with van der Waals surface area (Å²) in [5, 5.41) is 8.62. The molecule has 0 saturated heterocycles. The maximum Gasteiger partial charge on any atom is 0.393 e. The summed E-state index contributed by atoms with van der Waals surface area (Å²) in [6.45, 7) is 0.732. The molecule has 1 aromatic rings. The highest BCUT2D eigenvalue weighted by Gasteiger charge is 2.02. The molecule has 0 aliphatic carbocycles. The molecule has 0 radical (unpaired) electrons. The Labute approximate surface area is 69.9 Å². The number of aliphatic hydroxyl groups excluding tert-OH is 1. The quantitative estimate of drug-likeness (QED) is 0.644. The van der Waals surface area contributed by atoms with E-state index < -0.39 is 0 Å². The number of rotatable bonds is 5. The average molecular weight is 173 g/mol. The van der Waals surface area contributed by atoms with Gasteiger partial charge < -0.3 is 19.0 Å². The number of methoxy groups -OCH3 is 1. The molecule has 0 aliphatic rings. The largest absolute Gasteiger partial charge is 0.448 e. The molecule has 0 aliphatic heterocycles. The molecular weight excluding hydrogens is 162 g/mol. The van der Waals surface area contributed by atoms with E-state index in [4.69, 9.17) is 19.0 Å². The zero-order valence-corrected chi connectivity index (χ0v) is 6.82. The molecule has 5 heteroatoms. The van der Waals surface area contributed by atoms with Gasteiger partial charge in [-0.25, -0.2) is 0 Å². The summed E-state index contributed by atoms with van der Waals surface area (Å²) in [7, 11) is 1.58. The Hall–Kier alpha value is -1.07. The molecule has 0 spiro atoms. The van der Waals surface area contributed by atoms with E-state index in [1.807, 2.05) is 0 Å². The highest BCUT2D eigenvalue weighted by molar-refractivity contribution is 4.97. The monoisotopic (exact) mass is 173 g/mol. The third kappa shape index (κ3) is 2.52. The minimum Gasteiger partial charge on any atom is -0.448 e. The third-order valence-electron chi connectivity index (χ3n) is 1.21. The molecule has 68 valence electrons. The van der Waals surface area contributed by atoms with Crippen molar-refractivity contribution in [2.45, 2.75) is 6.61 Å². The predicted molar refractivity (Wildman–Crippen MR) is 39.8 cm³/mol. The number of oxazole rings is 1. The summed E-state index contributed by atoms with van der Waals surface area (Å²) in [6.07, 6.45) is 1.51. The van der Waals surface area contributed by atoms with E-state index in [1.165, 1.54) is 6.26 Å². The minimum atomic E-state index is -0.142. The van der Waals surface area contributed by atoms with E-state index in [0.29, 0.717) is 18.9 Å². The fourth-order valence-corrected chi connectivity index (χ4v) is 0.640. The van der Waals surface area contributed by atoms with Crippen LogP contribution in [-0.2, 0) is 11.3 Å². The average Bonchev–Trinajstić information content (AvgIpc) is 2.53. The first kappa shape index (κ1) is 9.02. The van der Waals surface area contributed by atoms with Crippen molar-refractivity contribution in [3.8, 4) is 6.08 Å². The van der Waals surface area contributed by atoms with E-state index in [9.17, 15) is 0 Å². The van der Waals surface area contributed by atoms with Crippen LogP contribution >= 0.6 is 0 Å². The fourth-order valence-electron chi connectivity index (χ4n) is 0.640. The van der Waals surface area contributed by atoms with Crippen LogP contribution in [0.4, 0.5) is 0 Å². The SMILES string of the molecule is COCCOc1nc(CO)co1. The summed E-state index contributed by atoms with van der Waals surface area (Å²) in [5.74, 6) is 0. The third-order valence-corrected chi connectivity index (χ3v) is 1.21. The van der Waals surface area contributed by atoms with Crippen LogP contribution in [0.5, 0.6) is 6.08 Å². The van der Waals surface area contributed by atoms with Gasteiger partial charge in [0.2, 0.25) is 0 Å². The van der Waals surface area contributed by atoms with Crippen molar-refractivity contribution >= 4 is 0 Å². The summed E-state index contributed by atoms with van der Waals surface area (Å²) >= 11 is 0. The Morgan fingerprint density at radius 3 is 3.00 bits per heavy atom. The molecule has 1 rings (SSSR count). The van der Waals surface area contributed by atoms with Gasteiger partial charge in [0.05, 0.1) is 13.2 Å². The van der Waals surface area contributed by atoms with Crippen molar-refractivity contribution in [3.63, 3.8) is 0 Å². The summed E-state index contributed by atoms with van der Waals surface area (Å²) in [5.41, 5.74) is 0.461. The Morgan fingerprint density at radius 1 is 1.58 bits per heavy atom. The van der Waals surface area contributed by atoms with Crippen molar-refractivity contribution < 1.29 is 19.0 Å². The number of aliphatic hydroxyl groups is 1. The van der Waals surface area contributed by atoms with Crippen molar-refractivity contribution in [2.24, 2.45) is 0 Å². The van der Waals surface area contributed by atoms with E-state index >= 15 is 0 Å². The number of hydrogen-bond acceptors (Lipinski definition) is 5. The summed E-state index contributed by atoms with van der Waals surface area (Å²) in [6, 6.07) is 0. The van der Waals surface area contributed by atoms with Crippen LogP contribution in [0.3, 0.4) is 0 Å². The molecule has 1 heterocycles. The van der Waals surface area contributed by atoms with Crippen LogP contribution in [0.15, 0.2) is 10.7 Å². The second-order valence-electron chi connectivity index (χ2n) is 2.10. The lowest BCUT2D eigenvalue weighted by atomic mass is 10.5. The van der Waals surface area contributed by atoms with Crippen molar-refractivity contribution in [3.05, 3.63) is 12.0 Å². The number of nitrogens with zero attached hydrogens (tertiary/aromatic N) is 1. The van der Waals surface area contributed by atoms with Crippen molar-refractivity contribution in [1.29, 1.82) is 0 Å². The van der Waals surface area contributed by atoms with Crippen LogP contribution in [0.2, 0.25) is 0 Å². The smallest absolute Gasteiger partial charge is 0.393 e. The molecule has 0 saturated carbocycles. The van der Waals surface area contributed by atoms with Gasteiger partial charge in [-0.3, -0.25) is 0 Å². The molecule has 0 atom stereocenters. The van der Waals surface area contributed by atoms with Crippen LogP contribution in [0.1, 0.15) is 5.69 Å². The van der Waals surface area contributed by atoms with Gasteiger partial charge in [-0.15, -0.1) is 0 Å². The van der Waals surface area contributed by atoms with Gasteiger partial charge in [0.25, 0.3) is 0 Å². The molecular formula is C7H11NO4. The second kappa shape index (κ2) is 4.74. The Morgan fingerprint density at radius 2 is 2.42 bits per heavy atom. The van der Waals surface area contributed by atoms with E-state index in [0.717, 1.165) is 0 Å². The van der Waals surface area contributed by atoms with Gasteiger partial charge >= 0.3 is 6.08 Å². The van der Waals surface area contributed by atoms with Crippen LogP contribution in [-0.4, -0.2) is 30.4 Å². The standard InChI is InChI=1S/C7H11NO4/c1-10-2-3-11-7-8-6(4-9)5-12-7/h5,9H,2-4H2,1H3. The number of ether oxygens (including phenoxy) is 2. The zero-order valence-electron chi connectivity index (χ0n) is 6.82. The van der Waals surface area contributed by atoms with Gasteiger partial charge in [-0.05, 0) is 0 Å². The zero-order chi connectivity index (χ0) is 8.81. The fraction of sp³-hybridized carbons (Fsp3) is 0.571. The van der Waals surface area contributed by atoms with E-state index in [2.05, 4.69) is 4.98 Å². The molecule has 5 nitrogen and oxygen atoms in total. The highest BCUT2D eigenvalue weighted by atomic mass is 16.6. The lowest BCUT2D eigenvalue weighted by Crippen LogP contribution is -2.04. The van der Waals surface area contributed by atoms with Gasteiger partial charge in [-0.2, -0.15) is 4.98 Å². The lowest BCUT2D eigenvalue weighted by Gasteiger charge is -1.97. The molecule has 1 aromatic heterocycles. The predicted octanol–water partition coefficient (Wildman–Crippen LogP) is 0.192. The Bertz CT molecular complexity index is 223. The van der Waals surface area contributed by atoms with Crippen LogP contribution < -0.4 is 4.74 Å². The first-order chi connectivity index (χ1) is 5.86. The molecule has 0 unspecified atom stereocenters. The molecule has 0 amide bonds. The first-order valence-corrected chi connectivity index (χ1v) is 3.54. The number of aromatic nitrogens is 1. The van der Waals surface area contributed by atoms with Crippen LogP contribution in [0.25, 0.3) is 0 Å². The minimum absolute atomic E-state index is 0.142. The Kier molecular flexibility index (Phi) is 3.56. The van der Waals surface area contributed by atoms with E-state index in [-0.39, 0.29) is 12.7 Å². The maximum absolute atomic E-state index is 8.62. The van der Waals surface area contributed by atoms with E-state index in [1.54, 1.807) is 7.11 Å². The lowest BCUT2D eigenvalue weighted by molar-refractivity contribution is 0.126. The molecule has 12 heavy (non-hydrogen) atoms. The number of hydrogen-bond donors (Lipinski definition) is 1. The summed E-state index contributed by atoms with van der Waals surface area (Å²) in [4.78, 5) is 3.81. The Balaban J connectivity index is 2.31. The molecule has 0 aromatic carbocycles. The van der Waals surface area contributed by atoms with Gasteiger partial charge in [0, 0.05) is 7.11 Å². The molecule has 1 N–H and O–H groups in total. The summed E-state index contributed by atoms with van der Waals surface area (Å²) < 4.78 is 14.6. The van der Waals surface area contributed by atoms with Crippen LogP contribution in [0, 0.1) is 0 Å². The van der Waals surface area contributed by atoms with Crippen molar-refractivity contribution in [2.75, 3.05) is 20.3 Å². The first-order valence-electron chi connectivity index (χ1n) is 3.54. The van der Waals surface area contributed by atoms with Gasteiger partial charge in [0.1, 0.15) is 18.6 Å². The molecule has 0 fully saturated rings.